The number of piperidine rings is 1. The Labute approximate surface area is 129 Å². The lowest BCUT2D eigenvalue weighted by atomic mass is 9.96. The normalized spacial score (nSPS) is 20.9. The van der Waals surface area contributed by atoms with Crippen molar-refractivity contribution in [3.05, 3.63) is 23.7 Å². The molecule has 2 unspecified atom stereocenters. The number of hydrogen-bond acceptors (Lipinski definition) is 4. The molecule has 1 aliphatic heterocycles. The Bertz CT molecular complexity index is 423. The van der Waals surface area contributed by atoms with Crippen LogP contribution in [-0.4, -0.2) is 48.6 Å². The van der Waals surface area contributed by atoms with Crippen molar-refractivity contribution in [2.75, 3.05) is 26.7 Å². The van der Waals surface area contributed by atoms with Gasteiger partial charge in [-0.25, -0.2) is 0 Å². The summed E-state index contributed by atoms with van der Waals surface area (Å²) in [6.07, 6.45) is 3.40. The minimum atomic E-state index is 0.116. The van der Waals surface area contributed by atoms with Crippen molar-refractivity contribution in [2.24, 2.45) is 5.73 Å². The van der Waals surface area contributed by atoms with Crippen LogP contribution >= 0.6 is 0 Å². The fourth-order valence-corrected chi connectivity index (χ4v) is 3.42. The molecular formula is C17H31N3O. The Kier molecular flexibility index (Phi) is 5.85. The lowest BCUT2D eigenvalue weighted by Gasteiger charge is -2.41. The van der Waals surface area contributed by atoms with Crippen LogP contribution in [0, 0.1) is 6.92 Å². The van der Waals surface area contributed by atoms with Crippen molar-refractivity contribution in [2.45, 2.75) is 58.2 Å². The summed E-state index contributed by atoms with van der Waals surface area (Å²) in [4.78, 5) is 4.98. The molecule has 1 fully saturated rings. The van der Waals surface area contributed by atoms with Gasteiger partial charge in [-0.2, -0.15) is 0 Å². The van der Waals surface area contributed by atoms with Crippen LogP contribution in [0.2, 0.25) is 0 Å². The van der Waals surface area contributed by atoms with Crippen LogP contribution in [0.15, 0.2) is 16.5 Å². The third-order valence-electron chi connectivity index (χ3n) is 4.95. The van der Waals surface area contributed by atoms with Crippen LogP contribution in [0.25, 0.3) is 0 Å². The van der Waals surface area contributed by atoms with Gasteiger partial charge in [0, 0.05) is 12.1 Å². The fraction of sp³-hybridized carbons (Fsp3) is 0.765. The summed E-state index contributed by atoms with van der Waals surface area (Å²) < 4.78 is 5.89. The third kappa shape index (κ3) is 3.87. The maximum Gasteiger partial charge on any atom is 0.122 e. The molecule has 4 nitrogen and oxygen atoms in total. The molecule has 2 N–H and O–H groups in total. The van der Waals surface area contributed by atoms with Crippen LogP contribution in [0.4, 0.5) is 0 Å². The summed E-state index contributed by atoms with van der Waals surface area (Å²) >= 11 is 0. The van der Waals surface area contributed by atoms with Crippen molar-refractivity contribution in [3.8, 4) is 0 Å². The van der Waals surface area contributed by atoms with E-state index in [9.17, 15) is 0 Å². The molecule has 120 valence electrons. The molecule has 2 rings (SSSR count). The number of nitrogens with two attached hydrogens (primary N) is 1. The minimum absolute atomic E-state index is 0.116. The predicted octanol–water partition coefficient (Wildman–Crippen LogP) is 2.78. The number of likely N-dealkylation sites (N-methyl/N-ethyl adjacent to an activating group) is 1. The molecule has 1 aromatic rings. The molecule has 1 saturated heterocycles. The summed E-state index contributed by atoms with van der Waals surface area (Å²) in [7, 11) is 2.21. The Morgan fingerprint density at radius 1 is 1.33 bits per heavy atom. The molecule has 21 heavy (non-hydrogen) atoms. The quantitative estimate of drug-likeness (QED) is 0.876. The van der Waals surface area contributed by atoms with Crippen LogP contribution in [-0.2, 0) is 0 Å². The monoisotopic (exact) mass is 293 g/mol. The van der Waals surface area contributed by atoms with E-state index >= 15 is 0 Å². The van der Waals surface area contributed by atoms with E-state index in [1.807, 2.05) is 13.0 Å². The van der Waals surface area contributed by atoms with Gasteiger partial charge in [-0.1, -0.05) is 13.8 Å². The molecule has 1 aromatic heterocycles. The first-order chi connectivity index (χ1) is 10.1. The number of hydrogen-bond donors (Lipinski definition) is 1. The highest BCUT2D eigenvalue weighted by molar-refractivity contribution is 5.12. The second-order valence-corrected chi connectivity index (χ2v) is 6.30. The number of aryl methyl sites for hydroxylation is 1. The molecule has 0 aromatic carbocycles. The van der Waals surface area contributed by atoms with Gasteiger partial charge in [-0.3, -0.25) is 4.90 Å². The Morgan fingerprint density at radius 3 is 2.48 bits per heavy atom. The Morgan fingerprint density at radius 2 is 2.00 bits per heavy atom. The highest BCUT2D eigenvalue weighted by Crippen LogP contribution is 2.30. The minimum Gasteiger partial charge on any atom is -0.465 e. The van der Waals surface area contributed by atoms with Gasteiger partial charge in [0.1, 0.15) is 11.5 Å². The van der Waals surface area contributed by atoms with Crippen molar-refractivity contribution in [3.63, 3.8) is 0 Å². The van der Waals surface area contributed by atoms with Crippen molar-refractivity contribution in [1.82, 2.24) is 9.80 Å². The first-order valence-corrected chi connectivity index (χ1v) is 8.33. The number of rotatable bonds is 6. The van der Waals surface area contributed by atoms with Gasteiger partial charge in [0.2, 0.25) is 0 Å². The van der Waals surface area contributed by atoms with Crippen molar-refractivity contribution in [1.29, 1.82) is 0 Å². The standard InChI is InChI=1S/C17H31N3O/c1-5-15(18)17(16-8-7-13(3)21-16)19(4)14-9-11-20(6-2)12-10-14/h7-8,14-15,17H,5-6,9-12,18H2,1-4H3. The second kappa shape index (κ2) is 7.43. The number of nitrogens with zero attached hydrogens (tertiary/aromatic N) is 2. The topological polar surface area (TPSA) is 45.6 Å². The maximum atomic E-state index is 6.41. The summed E-state index contributed by atoms with van der Waals surface area (Å²) in [5, 5.41) is 0. The number of likely N-dealkylation sites (tertiary alicyclic amines) is 1. The van der Waals surface area contributed by atoms with E-state index in [2.05, 4.69) is 36.8 Å². The van der Waals surface area contributed by atoms with Gasteiger partial charge >= 0.3 is 0 Å². The molecule has 2 heterocycles. The van der Waals surface area contributed by atoms with Crippen LogP contribution < -0.4 is 5.73 Å². The summed E-state index contributed by atoms with van der Waals surface area (Å²) in [5.41, 5.74) is 6.41. The van der Waals surface area contributed by atoms with E-state index in [1.165, 1.54) is 25.9 Å². The van der Waals surface area contributed by atoms with E-state index in [0.717, 1.165) is 24.5 Å². The molecule has 0 aliphatic carbocycles. The molecule has 1 aliphatic rings. The molecule has 4 heteroatoms. The van der Waals surface area contributed by atoms with E-state index in [4.69, 9.17) is 10.2 Å². The molecule has 0 bridgehead atoms. The van der Waals surface area contributed by atoms with Crippen molar-refractivity contribution >= 4 is 0 Å². The first kappa shape index (κ1) is 16.5. The van der Waals surface area contributed by atoms with Gasteiger partial charge in [0.25, 0.3) is 0 Å². The summed E-state index contributed by atoms with van der Waals surface area (Å²) in [5.74, 6) is 1.98. The Hall–Kier alpha value is -0.840. The van der Waals surface area contributed by atoms with Gasteiger partial charge in [0.05, 0.1) is 6.04 Å². The van der Waals surface area contributed by atoms with Crippen molar-refractivity contribution < 1.29 is 4.42 Å². The fourth-order valence-electron chi connectivity index (χ4n) is 3.42. The second-order valence-electron chi connectivity index (χ2n) is 6.30. The lowest BCUT2D eigenvalue weighted by Crippen LogP contribution is -2.48. The molecule has 0 amide bonds. The number of furan rings is 1. The summed E-state index contributed by atoms with van der Waals surface area (Å²) in [6.45, 7) is 9.93. The smallest absolute Gasteiger partial charge is 0.122 e. The highest BCUT2D eigenvalue weighted by atomic mass is 16.3. The average Bonchev–Trinajstić information content (AvgIpc) is 2.93. The van der Waals surface area contributed by atoms with Gasteiger partial charge < -0.3 is 15.1 Å². The highest BCUT2D eigenvalue weighted by Gasteiger charge is 2.32. The van der Waals surface area contributed by atoms with E-state index in [1.54, 1.807) is 0 Å². The molecular weight excluding hydrogens is 262 g/mol. The molecule has 0 radical (unpaired) electrons. The van der Waals surface area contributed by atoms with E-state index in [-0.39, 0.29) is 12.1 Å². The SMILES string of the molecule is CCC(N)C(c1ccc(C)o1)N(C)C1CCN(CC)CC1. The Balaban J connectivity index is 2.10. The molecule has 0 saturated carbocycles. The van der Waals surface area contributed by atoms with Crippen LogP contribution in [0.5, 0.6) is 0 Å². The zero-order chi connectivity index (χ0) is 15.4. The first-order valence-electron chi connectivity index (χ1n) is 8.33. The largest absolute Gasteiger partial charge is 0.465 e. The van der Waals surface area contributed by atoms with Gasteiger partial charge in [0.15, 0.2) is 0 Å². The van der Waals surface area contributed by atoms with Crippen LogP contribution in [0.3, 0.4) is 0 Å². The summed E-state index contributed by atoms with van der Waals surface area (Å²) in [6, 6.07) is 5.03. The van der Waals surface area contributed by atoms with Gasteiger partial charge in [-0.15, -0.1) is 0 Å². The van der Waals surface area contributed by atoms with Gasteiger partial charge in [-0.05, 0) is 65.0 Å². The predicted molar refractivity (Wildman–Crippen MR) is 87.4 cm³/mol. The van der Waals surface area contributed by atoms with Crippen LogP contribution in [0.1, 0.15) is 50.7 Å². The zero-order valence-electron chi connectivity index (χ0n) is 14.0. The zero-order valence-corrected chi connectivity index (χ0v) is 14.0. The maximum absolute atomic E-state index is 6.41. The third-order valence-corrected chi connectivity index (χ3v) is 4.95. The average molecular weight is 293 g/mol. The van der Waals surface area contributed by atoms with E-state index in [0.29, 0.717) is 6.04 Å². The lowest BCUT2D eigenvalue weighted by molar-refractivity contribution is 0.0764. The molecule has 2 atom stereocenters. The molecule has 0 spiro atoms. The van der Waals surface area contributed by atoms with E-state index < -0.39 is 0 Å².